The van der Waals surface area contributed by atoms with Gasteiger partial charge < -0.3 is 34.9 Å². The van der Waals surface area contributed by atoms with Gasteiger partial charge in [0.05, 0.1) is 42.4 Å². The Bertz CT molecular complexity index is 1610. The summed E-state index contributed by atoms with van der Waals surface area (Å²) < 4.78 is 82.8. The zero-order chi connectivity index (χ0) is 43.6. The summed E-state index contributed by atoms with van der Waals surface area (Å²) >= 11 is 0. The first-order valence-electron chi connectivity index (χ1n) is 19.0. The molecule has 326 valence electrons. The molecule has 0 radical (unpaired) electrons. The molecule has 1 aromatic rings. The Morgan fingerprint density at radius 2 is 1.61 bits per heavy atom. The van der Waals surface area contributed by atoms with E-state index in [1.165, 1.54) is 33.3 Å². The fraction of sp³-hybridized carbons (Fsp3) is 0.737. The van der Waals surface area contributed by atoms with Crippen molar-refractivity contribution in [3.63, 3.8) is 0 Å². The fourth-order valence-electron chi connectivity index (χ4n) is 7.04. The van der Waals surface area contributed by atoms with Crippen LogP contribution in [0.3, 0.4) is 0 Å². The number of likely N-dealkylation sites (N-methyl/N-ethyl adjacent to an activating group) is 1. The van der Waals surface area contributed by atoms with Crippen molar-refractivity contribution in [1.29, 1.82) is 0 Å². The van der Waals surface area contributed by atoms with Crippen LogP contribution in [0.1, 0.15) is 86.6 Å². The number of alkyl carbamates (subject to hydrolysis) is 1. The van der Waals surface area contributed by atoms with Crippen LogP contribution >= 0.6 is 0 Å². The van der Waals surface area contributed by atoms with Crippen molar-refractivity contribution in [2.24, 2.45) is 17.8 Å². The van der Waals surface area contributed by atoms with Crippen molar-refractivity contribution >= 4 is 39.5 Å². The number of halogens is 3. The molecule has 57 heavy (non-hydrogen) atoms. The first-order chi connectivity index (χ1) is 26.3. The lowest BCUT2D eigenvalue weighted by Crippen LogP contribution is -2.60. The summed E-state index contributed by atoms with van der Waals surface area (Å²) in [6.07, 6.45) is -6.89. The van der Waals surface area contributed by atoms with Crippen LogP contribution in [0.15, 0.2) is 24.3 Å². The molecule has 0 aromatic heterocycles. The van der Waals surface area contributed by atoms with Crippen LogP contribution in [0.5, 0.6) is 0 Å². The molecule has 1 fully saturated rings. The van der Waals surface area contributed by atoms with Crippen LogP contribution in [0, 0.1) is 17.8 Å². The Labute approximate surface area is 334 Å². The van der Waals surface area contributed by atoms with Gasteiger partial charge in [0, 0.05) is 32.5 Å². The van der Waals surface area contributed by atoms with E-state index in [9.17, 15) is 45.9 Å². The Hall–Kier alpha value is -3.52. The normalized spacial score (nSPS) is 19.0. The molecule has 2 rings (SSSR count). The minimum atomic E-state index is -5.10. The fourth-order valence-corrected chi connectivity index (χ4v) is 8.23. The van der Waals surface area contributed by atoms with Crippen molar-refractivity contribution in [2.45, 2.75) is 135 Å². The molecule has 0 saturated carbocycles. The number of hydrogen-bond acceptors (Lipinski definition) is 11. The summed E-state index contributed by atoms with van der Waals surface area (Å²) in [6.45, 7) is 14.8. The zero-order valence-corrected chi connectivity index (χ0v) is 35.6. The summed E-state index contributed by atoms with van der Waals surface area (Å²) in [7, 11) is 0.277. The van der Waals surface area contributed by atoms with Gasteiger partial charge in [-0.1, -0.05) is 53.2 Å². The molecule has 0 aliphatic carbocycles. The molecule has 0 bridgehead atoms. The summed E-state index contributed by atoms with van der Waals surface area (Å²) in [5, 5.41) is 16.1. The molecule has 1 heterocycles. The number of carbonyl (C=O) groups excluding carboxylic acids is 4. The summed E-state index contributed by atoms with van der Waals surface area (Å²) in [5.74, 6) is -5.34. The van der Waals surface area contributed by atoms with Gasteiger partial charge in [-0.3, -0.25) is 24.0 Å². The van der Waals surface area contributed by atoms with E-state index in [1.807, 2.05) is 32.4 Å². The molecule has 15 nitrogen and oxygen atoms in total. The number of alkyl halides is 3. The highest BCUT2D eigenvalue weighted by molar-refractivity contribution is 7.89. The number of hydrogen-bond donors (Lipinski definition) is 4. The lowest BCUT2D eigenvalue weighted by atomic mass is 9.89. The average molecular weight is 838 g/mol. The number of ether oxygens (including phenoxy) is 3. The molecule has 1 aliphatic heterocycles. The third kappa shape index (κ3) is 14.7. The highest BCUT2D eigenvalue weighted by atomic mass is 32.2. The van der Waals surface area contributed by atoms with Crippen molar-refractivity contribution in [3.05, 3.63) is 29.8 Å². The molecule has 1 aromatic carbocycles. The van der Waals surface area contributed by atoms with Gasteiger partial charge in [0.1, 0.15) is 11.8 Å². The number of aliphatic hydroxyl groups excluding tert-OH is 1. The Balaban J connectivity index is 2.20. The third-order valence-corrected chi connectivity index (χ3v) is 11.4. The van der Waals surface area contributed by atoms with Crippen LogP contribution in [0.4, 0.5) is 23.7 Å². The van der Waals surface area contributed by atoms with E-state index in [0.717, 1.165) is 12.1 Å². The standard InChI is InChI=1S/C38H62F3N5O10S/c1-12-23(4)31(45(9)34(49)30(22(2)3)43-36(51)56-37(6,7)8)28(54-10)20-29(47)46-19-13-14-27(46)32(55-11)24(5)33(48)44-57(52,53)21-25-15-17-26(18-16-25)42-35(50)38(39,40)41/h15-18,22-24,27-28,30-32,34,49H,12-14,19-21H2,1-11H3,(H,42,50)(H,43,51)(H,44,48)/t23?,24-,27+,28-,30+,31+,32-,34?/m1/s1. The molecule has 4 N–H and O–H groups in total. The molecule has 0 spiro atoms. The zero-order valence-electron chi connectivity index (χ0n) is 34.8. The number of likely N-dealkylation sites (tertiary alicyclic amines) is 1. The van der Waals surface area contributed by atoms with Crippen molar-refractivity contribution in [1.82, 2.24) is 19.8 Å². The van der Waals surface area contributed by atoms with Crippen molar-refractivity contribution < 1.29 is 60.1 Å². The van der Waals surface area contributed by atoms with E-state index in [4.69, 9.17) is 14.2 Å². The minimum absolute atomic E-state index is 0.0725. The first kappa shape index (κ1) is 49.6. The summed E-state index contributed by atoms with van der Waals surface area (Å²) in [5.41, 5.74) is -0.799. The first-order valence-corrected chi connectivity index (χ1v) is 20.7. The summed E-state index contributed by atoms with van der Waals surface area (Å²) in [4.78, 5) is 54.7. The second-order valence-electron chi connectivity index (χ2n) is 16.0. The summed E-state index contributed by atoms with van der Waals surface area (Å²) in [6, 6.07) is 2.84. The predicted octanol–water partition coefficient (Wildman–Crippen LogP) is 4.39. The average Bonchev–Trinajstić information content (AvgIpc) is 3.58. The Morgan fingerprint density at radius 1 is 1.02 bits per heavy atom. The second-order valence-corrected chi connectivity index (χ2v) is 17.7. The van der Waals surface area contributed by atoms with Crippen molar-refractivity contribution in [2.75, 3.05) is 33.1 Å². The monoisotopic (exact) mass is 837 g/mol. The number of nitrogens with zero attached hydrogens (tertiary/aromatic N) is 2. The number of anilines is 1. The highest BCUT2D eigenvalue weighted by Crippen LogP contribution is 2.30. The molecule has 1 aliphatic rings. The van der Waals surface area contributed by atoms with Gasteiger partial charge in [0.2, 0.25) is 21.8 Å². The number of amides is 4. The van der Waals surface area contributed by atoms with Crippen molar-refractivity contribution in [3.8, 4) is 0 Å². The van der Waals surface area contributed by atoms with Gasteiger partial charge in [-0.15, -0.1) is 0 Å². The topological polar surface area (TPSA) is 193 Å². The number of methoxy groups -OCH3 is 2. The predicted molar refractivity (Wildman–Crippen MR) is 207 cm³/mol. The maximum Gasteiger partial charge on any atom is 0.471 e. The van der Waals surface area contributed by atoms with Gasteiger partial charge in [0.15, 0.2) is 0 Å². The SMILES string of the molecule is CCC(C)[C@@H]([C@@H](CC(=O)N1CCC[C@H]1[C@H](OC)[C@@H](C)C(=O)NS(=O)(=O)Cc1ccc(NC(=O)C(F)(F)F)cc1)OC)N(C)C(O)[C@@H](NC(=O)OC(C)(C)C)C(C)C. The molecular formula is C38H62F3N5O10S. The molecule has 1 saturated heterocycles. The maximum absolute atomic E-state index is 14.1. The lowest BCUT2D eigenvalue weighted by Gasteiger charge is -2.43. The number of rotatable bonds is 19. The van der Waals surface area contributed by atoms with E-state index >= 15 is 0 Å². The van der Waals surface area contributed by atoms with Gasteiger partial charge in [0.25, 0.3) is 0 Å². The van der Waals surface area contributed by atoms with E-state index in [0.29, 0.717) is 25.8 Å². The van der Waals surface area contributed by atoms with Crippen LogP contribution in [-0.2, 0) is 44.4 Å². The number of sulfonamides is 1. The quantitative estimate of drug-likeness (QED) is 0.145. The van der Waals surface area contributed by atoms with Gasteiger partial charge >= 0.3 is 18.2 Å². The van der Waals surface area contributed by atoms with Crippen LogP contribution < -0.4 is 15.4 Å². The van der Waals surface area contributed by atoms with E-state index in [-0.39, 0.29) is 35.4 Å². The number of benzene rings is 1. The molecule has 8 atom stereocenters. The smallest absolute Gasteiger partial charge is 0.444 e. The maximum atomic E-state index is 14.1. The van der Waals surface area contributed by atoms with Gasteiger partial charge in [-0.25, -0.2) is 13.2 Å². The minimum Gasteiger partial charge on any atom is -0.444 e. The van der Waals surface area contributed by atoms with E-state index < -0.39 is 87.9 Å². The second kappa shape index (κ2) is 20.9. The lowest BCUT2D eigenvalue weighted by molar-refractivity contribution is -0.167. The molecule has 4 amide bonds. The number of aliphatic hydroxyl groups is 1. The molecule has 2 unspecified atom stereocenters. The van der Waals surface area contributed by atoms with Gasteiger partial charge in [-0.2, -0.15) is 13.2 Å². The molecular weight excluding hydrogens is 776 g/mol. The van der Waals surface area contributed by atoms with E-state index in [2.05, 4.69) is 5.32 Å². The largest absolute Gasteiger partial charge is 0.471 e. The third-order valence-electron chi connectivity index (χ3n) is 10.2. The molecule has 19 heteroatoms. The number of carbonyl (C=O) groups is 4. The van der Waals surface area contributed by atoms with Crippen LogP contribution in [-0.4, -0.2) is 123 Å². The van der Waals surface area contributed by atoms with Crippen LogP contribution in [0.25, 0.3) is 0 Å². The highest BCUT2D eigenvalue weighted by Gasteiger charge is 2.44. The number of nitrogens with one attached hydrogen (secondary N) is 3. The Kier molecular flexibility index (Phi) is 18.2. The van der Waals surface area contributed by atoms with E-state index in [1.54, 1.807) is 42.9 Å². The Morgan fingerprint density at radius 3 is 2.11 bits per heavy atom. The van der Waals surface area contributed by atoms with Gasteiger partial charge in [-0.05, 0) is 70.2 Å². The van der Waals surface area contributed by atoms with Crippen LogP contribution in [0.2, 0.25) is 0 Å².